The average Bonchev–Trinajstić information content (AvgIpc) is 3.47. The van der Waals surface area contributed by atoms with Crippen LogP contribution < -0.4 is 5.56 Å². The maximum Gasteiger partial charge on any atom is 0.264 e. The molecule has 1 aliphatic carbocycles. The molecule has 160 valence electrons. The molecule has 1 amide bonds. The maximum absolute atomic E-state index is 13.0. The minimum atomic E-state index is -0.127. The number of H-pyrrole nitrogens is 1. The van der Waals surface area contributed by atoms with Crippen LogP contribution in [0.1, 0.15) is 77.7 Å². The van der Waals surface area contributed by atoms with Crippen molar-refractivity contribution in [3.63, 3.8) is 0 Å². The standard InChI is InChI=1S/C23H30N4O2S/c28-22-17-15-26(14-16-6-2-1-3-7-16)12-10-18(17)24-21(25-22)19-8-4-11-27(19)23(29)20-9-5-13-30-20/h5,9,13,16,19H,1-4,6-8,10-12,14-15H2,(H,24,25,28)/t19-/m0/s1. The van der Waals surface area contributed by atoms with Gasteiger partial charge in [-0.15, -0.1) is 11.3 Å². The monoisotopic (exact) mass is 426 g/mol. The lowest BCUT2D eigenvalue weighted by Gasteiger charge is -2.33. The smallest absolute Gasteiger partial charge is 0.264 e. The number of fused-ring (bicyclic) bond motifs is 1. The first-order valence-electron chi connectivity index (χ1n) is 11.4. The molecule has 2 aliphatic heterocycles. The van der Waals surface area contributed by atoms with Crippen molar-refractivity contribution in [2.24, 2.45) is 5.92 Å². The van der Waals surface area contributed by atoms with Crippen LogP contribution in [0.3, 0.4) is 0 Å². The highest BCUT2D eigenvalue weighted by Crippen LogP contribution is 2.32. The van der Waals surface area contributed by atoms with E-state index in [0.717, 1.165) is 60.9 Å². The van der Waals surface area contributed by atoms with Gasteiger partial charge in [-0.1, -0.05) is 25.3 Å². The number of rotatable bonds is 4. The van der Waals surface area contributed by atoms with Gasteiger partial charge in [-0.3, -0.25) is 14.5 Å². The van der Waals surface area contributed by atoms with E-state index in [4.69, 9.17) is 4.98 Å². The molecule has 1 saturated heterocycles. The number of hydrogen-bond donors (Lipinski definition) is 1. The number of thiophene rings is 1. The first-order chi connectivity index (χ1) is 14.7. The van der Waals surface area contributed by atoms with E-state index in [0.29, 0.717) is 12.4 Å². The van der Waals surface area contributed by atoms with E-state index in [1.165, 1.54) is 43.4 Å². The Bertz CT molecular complexity index is 949. The van der Waals surface area contributed by atoms with Gasteiger partial charge in [-0.05, 0) is 43.0 Å². The highest BCUT2D eigenvalue weighted by Gasteiger charge is 2.34. The van der Waals surface area contributed by atoms with Gasteiger partial charge in [0.15, 0.2) is 0 Å². The molecule has 6 nitrogen and oxygen atoms in total. The molecule has 0 spiro atoms. The van der Waals surface area contributed by atoms with Crippen molar-refractivity contribution in [2.75, 3.05) is 19.6 Å². The molecule has 1 atom stereocenters. The quantitative estimate of drug-likeness (QED) is 0.808. The van der Waals surface area contributed by atoms with Gasteiger partial charge in [-0.25, -0.2) is 4.98 Å². The SMILES string of the molecule is O=C(c1cccs1)N1CCC[C@H]1c1nc2c(c(=O)[nH]1)CN(CC1CCCCC1)CC2. The summed E-state index contributed by atoms with van der Waals surface area (Å²) in [5.41, 5.74) is 1.75. The summed E-state index contributed by atoms with van der Waals surface area (Å²) in [7, 11) is 0. The van der Waals surface area contributed by atoms with Crippen molar-refractivity contribution >= 4 is 17.2 Å². The minimum absolute atomic E-state index is 0.0150. The van der Waals surface area contributed by atoms with Crippen LogP contribution in [-0.4, -0.2) is 45.3 Å². The lowest BCUT2D eigenvalue weighted by atomic mass is 9.88. The highest BCUT2D eigenvalue weighted by molar-refractivity contribution is 7.12. The Labute approximate surface area is 181 Å². The number of likely N-dealkylation sites (tertiary alicyclic amines) is 1. The first kappa shape index (κ1) is 19.9. The van der Waals surface area contributed by atoms with Crippen LogP contribution >= 0.6 is 11.3 Å². The fraction of sp³-hybridized carbons (Fsp3) is 0.609. The van der Waals surface area contributed by atoms with E-state index in [-0.39, 0.29) is 17.5 Å². The maximum atomic E-state index is 13.0. The lowest BCUT2D eigenvalue weighted by Crippen LogP contribution is -2.40. The number of aromatic nitrogens is 2. The topological polar surface area (TPSA) is 69.3 Å². The minimum Gasteiger partial charge on any atom is -0.328 e. The summed E-state index contributed by atoms with van der Waals surface area (Å²) in [6.07, 6.45) is 9.35. The molecule has 4 heterocycles. The van der Waals surface area contributed by atoms with Crippen LogP contribution in [0, 0.1) is 5.92 Å². The molecular formula is C23H30N4O2S. The molecule has 30 heavy (non-hydrogen) atoms. The first-order valence-corrected chi connectivity index (χ1v) is 12.3. The van der Waals surface area contributed by atoms with E-state index in [1.807, 2.05) is 22.4 Å². The average molecular weight is 427 g/mol. The van der Waals surface area contributed by atoms with Crippen molar-refractivity contribution < 1.29 is 4.79 Å². The van der Waals surface area contributed by atoms with E-state index in [1.54, 1.807) is 0 Å². The number of hydrogen-bond acceptors (Lipinski definition) is 5. The summed E-state index contributed by atoms with van der Waals surface area (Å²) >= 11 is 1.47. The highest BCUT2D eigenvalue weighted by atomic mass is 32.1. The fourth-order valence-electron chi connectivity index (χ4n) is 5.38. The Morgan fingerprint density at radius 3 is 2.83 bits per heavy atom. The zero-order valence-corrected chi connectivity index (χ0v) is 18.3. The molecule has 0 aromatic carbocycles. The normalized spacial score (nSPS) is 22.9. The molecule has 2 fully saturated rings. The summed E-state index contributed by atoms with van der Waals surface area (Å²) in [4.78, 5) is 38.9. The Balaban J connectivity index is 1.33. The number of aromatic amines is 1. The molecule has 0 bridgehead atoms. The van der Waals surface area contributed by atoms with Gasteiger partial charge < -0.3 is 9.88 Å². The zero-order valence-electron chi connectivity index (χ0n) is 17.4. The number of amides is 1. The molecule has 1 N–H and O–H groups in total. The summed E-state index contributed by atoms with van der Waals surface area (Å²) in [5.74, 6) is 1.50. The van der Waals surface area contributed by atoms with Gasteiger partial charge in [-0.2, -0.15) is 0 Å². The van der Waals surface area contributed by atoms with Gasteiger partial charge in [0.05, 0.1) is 22.2 Å². The van der Waals surface area contributed by atoms with Gasteiger partial charge in [0.25, 0.3) is 11.5 Å². The second-order valence-corrected chi connectivity index (χ2v) is 9.95. The predicted molar refractivity (Wildman–Crippen MR) is 118 cm³/mol. The molecular weight excluding hydrogens is 396 g/mol. The second kappa shape index (κ2) is 8.63. The van der Waals surface area contributed by atoms with Gasteiger partial charge in [0, 0.05) is 32.6 Å². The van der Waals surface area contributed by atoms with E-state index in [9.17, 15) is 9.59 Å². The third kappa shape index (κ3) is 3.97. The third-order valence-corrected chi connectivity index (χ3v) is 7.83. The summed E-state index contributed by atoms with van der Waals surface area (Å²) in [6.45, 7) is 3.50. The van der Waals surface area contributed by atoms with Crippen LogP contribution in [0.4, 0.5) is 0 Å². The summed E-state index contributed by atoms with van der Waals surface area (Å²) in [5, 5.41) is 1.93. The molecule has 1 saturated carbocycles. The molecule has 0 radical (unpaired) electrons. The number of nitrogens with zero attached hydrogens (tertiary/aromatic N) is 3. The van der Waals surface area contributed by atoms with Crippen molar-refractivity contribution in [3.8, 4) is 0 Å². The second-order valence-electron chi connectivity index (χ2n) is 9.00. The lowest BCUT2D eigenvalue weighted by molar-refractivity contribution is 0.0734. The van der Waals surface area contributed by atoms with Crippen LogP contribution in [0.15, 0.2) is 22.3 Å². The van der Waals surface area contributed by atoms with Crippen molar-refractivity contribution in [1.82, 2.24) is 19.8 Å². The van der Waals surface area contributed by atoms with E-state index in [2.05, 4.69) is 9.88 Å². The van der Waals surface area contributed by atoms with Crippen LogP contribution in [-0.2, 0) is 13.0 Å². The summed E-state index contributed by atoms with van der Waals surface area (Å²) in [6, 6.07) is 3.64. The van der Waals surface area contributed by atoms with Gasteiger partial charge >= 0.3 is 0 Å². The van der Waals surface area contributed by atoms with Gasteiger partial charge in [0.2, 0.25) is 0 Å². The number of nitrogens with one attached hydrogen (secondary N) is 1. The van der Waals surface area contributed by atoms with Crippen molar-refractivity contribution in [3.05, 3.63) is 49.8 Å². The fourth-order valence-corrected chi connectivity index (χ4v) is 6.06. The summed E-state index contributed by atoms with van der Waals surface area (Å²) < 4.78 is 0. The van der Waals surface area contributed by atoms with Gasteiger partial charge in [0.1, 0.15) is 5.82 Å². The Hall–Kier alpha value is -1.99. The molecule has 0 unspecified atom stereocenters. The third-order valence-electron chi connectivity index (χ3n) is 6.97. The molecule has 2 aromatic heterocycles. The van der Waals surface area contributed by atoms with E-state index < -0.39 is 0 Å². The molecule has 3 aliphatic rings. The van der Waals surface area contributed by atoms with Crippen molar-refractivity contribution in [1.29, 1.82) is 0 Å². The Kier molecular flexibility index (Phi) is 5.74. The largest absolute Gasteiger partial charge is 0.328 e. The molecule has 2 aromatic rings. The van der Waals surface area contributed by atoms with E-state index >= 15 is 0 Å². The zero-order chi connectivity index (χ0) is 20.5. The molecule has 5 rings (SSSR count). The molecule has 7 heteroatoms. The van der Waals surface area contributed by atoms with Crippen LogP contribution in [0.25, 0.3) is 0 Å². The predicted octanol–water partition coefficient (Wildman–Crippen LogP) is 3.75. The number of carbonyl (C=O) groups excluding carboxylic acids is 1. The van der Waals surface area contributed by atoms with Crippen molar-refractivity contribution in [2.45, 2.75) is 64.0 Å². The number of carbonyl (C=O) groups is 1. The van der Waals surface area contributed by atoms with Crippen LogP contribution in [0.2, 0.25) is 0 Å². The van der Waals surface area contributed by atoms with Crippen LogP contribution in [0.5, 0.6) is 0 Å². The Morgan fingerprint density at radius 1 is 1.17 bits per heavy atom. The Morgan fingerprint density at radius 2 is 2.03 bits per heavy atom.